The molecule has 0 radical (unpaired) electrons. The molecule has 0 atom stereocenters. The van der Waals surface area contributed by atoms with E-state index >= 15 is 0 Å². The number of alkyl halides is 3. The van der Waals surface area contributed by atoms with Gasteiger partial charge >= 0.3 is 12.3 Å². The summed E-state index contributed by atoms with van der Waals surface area (Å²) in [6, 6.07) is 5.68. The predicted molar refractivity (Wildman–Crippen MR) is 67.7 cm³/mol. The van der Waals surface area contributed by atoms with Crippen molar-refractivity contribution in [1.29, 1.82) is 0 Å². The monoisotopic (exact) mass is 315 g/mol. The fourth-order valence-electron chi connectivity index (χ4n) is 1.80. The molecule has 2 rings (SSSR count). The number of benzene rings is 1. The van der Waals surface area contributed by atoms with Gasteiger partial charge < -0.3 is 9.84 Å². The van der Waals surface area contributed by atoms with E-state index < -0.39 is 30.3 Å². The summed E-state index contributed by atoms with van der Waals surface area (Å²) in [4.78, 5) is 14.4. The molecular formula is C14H9F4NO3. The van der Waals surface area contributed by atoms with Crippen LogP contribution in [0.1, 0.15) is 5.56 Å². The third kappa shape index (κ3) is 3.94. The Bertz CT molecular complexity index is 683. The van der Waals surface area contributed by atoms with Gasteiger partial charge in [0, 0.05) is 17.3 Å². The summed E-state index contributed by atoms with van der Waals surface area (Å²) in [5.41, 5.74) is 0.00434. The van der Waals surface area contributed by atoms with Crippen molar-refractivity contribution in [2.45, 2.75) is 12.8 Å². The number of rotatable bonds is 4. The molecule has 1 heterocycles. The predicted octanol–water partition coefficient (Wildman–Crippen LogP) is 3.41. The van der Waals surface area contributed by atoms with E-state index in [0.29, 0.717) is 0 Å². The van der Waals surface area contributed by atoms with E-state index in [0.717, 1.165) is 12.1 Å². The third-order valence-electron chi connectivity index (χ3n) is 2.67. The maximum absolute atomic E-state index is 14.2. The molecule has 0 fully saturated rings. The van der Waals surface area contributed by atoms with E-state index in [1.807, 2.05) is 0 Å². The molecule has 1 aromatic carbocycles. The van der Waals surface area contributed by atoms with Crippen molar-refractivity contribution >= 4 is 5.97 Å². The van der Waals surface area contributed by atoms with Crippen molar-refractivity contribution in [1.82, 2.24) is 4.98 Å². The van der Waals surface area contributed by atoms with Crippen LogP contribution in [0.3, 0.4) is 0 Å². The summed E-state index contributed by atoms with van der Waals surface area (Å²) in [5.74, 6) is -2.47. The topological polar surface area (TPSA) is 59.4 Å². The first kappa shape index (κ1) is 15.7. The molecule has 0 bridgehead atoms. The molecule has 0 saturated carbocycles. The van der Waals surface area contributed by atoms with Gasteiger partial charge in [0.2, 0.25) is 0 Å². The van der Waals surface area contributed by atoms with Crippen molar-refractivity contribution in [3.63, 3.8) is 0 Å². The maximum atomic E-state index is 14.2. The van der Waals surface area contributed by atoms with Gasteiger partial charge in [-0.1, -0.05) is 0 Å². The molecule has 4 nitrogen and oxygen atoms in total. The van der Waals surface area contributed by atoms with Crippen LogP contribution in [0.15, 0.2) is 36.5 Å². The largest absolute Gasteiger partial charge is 0.573 e. The zero-order chi connectivity index (χ0) is 16.3. The van der Waals surface area contributed by atoms with Crippen LogP contribution in [0.5, 0.6) is 5.75 Å². The van der Waals surface area contributed by atoms with Crippen LogP contribution in [0.2, 0.25) is 0 Å². The average molecular weight is 315 g/mol. The van der Waals surface area contributed by atoms with Gasteiger partial charge in [0.05, 0.1) is 6.42 Å². The zero-order valence-corrected chi connectivity index (χ0v) is 10.9. The molecule has 0 unspecified atom stereocenters. The van der Waals surface area contributed by atoms with E-state index in [4.69, 9.17) is 5.11 Å². The first-order valence-corrected chi connectivity index (χ1v) is 5.97. The number of aromatic nitrogens is 1. The van der Waals surface area contributed by atoms with Crippen LogP contribution in [0, 0.1) is 5.82 Å². The zero-order valence-electron chi connectivity index (χ0n) is 10.9. The van der Waals surface area contributed by atoms with Gasteiger partial charge in [-0.05, 0) is 30.3 Å². The number of carboxylic acid groups (broad SMARTS) is 1. The molecule has 0 aliphatic heterocycles. The Balaban J connectivity index is 2.30. The Morgan fingerprint density at radius 1 is 1.18 bits per heavy atom. The molecule has 1 aromatic heterocycles. The Hall–Kier alpha value is -2.64. The van der Waals surface area contributed by atoms with Crippen molar-refractivity contribution in [2.75, 3.05) is 0 Å². The van der Waals surface area contributed by atoms with Gasteiger partial charge in [-0.3, -0.25) is 9.78 Å². The first-order valence-electron chi connectivity index (χ1n) is 5.97. The van der Waals surface area contributed by atoms with Crippen LogP contribution in [0.4, 0.5) is 17.6 Å². The van der Waals surface area contributed by atoms with Gasteiger partial charge in [0.25, 0.3) is 0 Å². The number of hydrogen-bond acceptors (Lipinski definition) is 3. The molecular weight excluding hydrogens is 306 g/mol. The highest BCUT2D eigenvalue weighted by Gasteiger charge is 2.31. The highest BCUT2D eigenvalue weighted by Crippen LogP contribution is 2.27. The smallest absolute Gasteiger partial charge is 0.481 e. The highest BCUT2D eigenvalue weighted by molar-refractivity contribution is 5.71. The minimum atomic E-state index is -4.81. The van der Waals surface area contributed by atoms with Crippen molar-refractivity contribution in [3.05, 3.63) is 47.9 Å². The molecule has 0 amide bonds. The average Bonchev–Trinajstić information content (AvgIpc) is 2.40. The van der Waals surface area contributed by atoms with Crippen LogP contribution in [0.25, 0.3) is 11.3 Å². The normalized spacial score (nSPS) is 11.3. The fraction of sp³-hybridized carbons (Fsp3) is 0.143. The molecule has 2 aromatic rings. The summed E-state index contributed by atoms with van der Waals surface area (Å²) in [6.07, 6.45) is -4.10. The number of pyridine rings is 1. The molecule has 0 spiro atoms. The van der Waals surface area contributed by atoms with Crippen molar-refractivity contribution in [2.24, 2.45) is 0 Å². The van der Waals surface area contributed by atoms with E-state index in [1.165, 1.54) is 24.4 Å². The number of aliphatic carboxylic acids is 1. The standard InChI is InChI=1S/C14H9F4NO3/c15-12-9(7-11(20)21)5-6-19-13(12)8-1-3-10(4-2-8)22-14(16,17)18/h1-6H,7H2,(H,20,21). The highest BCUT2D eigenvalue weighted by atomic mass is 19.4. The molecule has 116 valence electrons. The van der Waals surface area contributed by atoms with E-state index in [2.05, 4.69) is 9.72 Å². The second kappa shape index (κ2) is 6.00. The second-order valence-corrected chi connectivity index (χ2v) is 4.28. The molecule has 0 aliphatic carbocycles. The Morgan fingerprint density at radius 3 is 2.36 bits per heavy atom. The van der Waals surface area contributed by atoms with Crippen LogP contribution in [-0.4, -0.2) is 22.4 Å². The molecule has 1 N–H and O–H groups in total. The Kier molecular flexibility index (Phi) is 4.30. The molecule has 8 heteroatoms. The summed E-state index contributed by atoms with van der Waals surface area (Å²) < 4.78 is 54.0. The molecule has 0 saturated heterocycles. The summed E-state index contributed by atoms with van der Waals surface area (Å²) in [5, 5.41) is 8.69. The van der Waals surface area contributed by atoms with Gasteiger partial charge in [0.1, 0.15) is 11.4 Å². The number of carboxylic acids is 1. The first-order chi connectivity index (χ1) is 10.3. The van der Waals surface area contributed by atoms with E-state index in [-0.39, 0.29) is 16.8 Å². The van der Waals surface area contributed by atoms with Crippen LogP contribution in [-0.2, 0) is 11.2 Å². The Morgan fingerprint density at radius 2 is 1.82 bits per heavy atom. The molecule has 22 heavy (non-hydrogen) atoms. The number of nitrogens with zero attached hydrogens (tertiary/aromatic N) is 1. The van der Waals surface area contributed by atoms with Crippen molar-refractivity contribution in [3.8, 4) is 17.0 Å². The van der Waals surface area contributed by atoms with Crippen LogP contribution < -0.4 is 4.74 Å². The summed E-state index contributed by atoms with van der Waals surface area (Å²) in [7, 11) is 0. The number of ether oxygens (including phenoxy) is 1. The van der Waals surface area contributed by atoms with Gasteiger partial charge in [-0.25, -0.2) is 4.39 Å². The SMILES string of the molecule is O=C(O)Cc1ccnc(-c2ccc(OC(F)(F)F)cc2)c1F. The lowest BCUT2D eigenvalue weighted by Gasteiger charge is -2.10. The number of carbonyl (C=O) groups is 1. The van der Waals surface area contributed by atoms with Crippen LogP contribution >= 0.6 is 0 Å². The Labute approximate surface area is 122 Å². The minimum Gasteiger partial charge on any atom is -0.481 e. The van der Waals surface area contributed by atoms with Crippen molar-refractivity contribution < 1.29 is 32.2 Å². The van der Waals surface area contributed by atoms with E-state index in [1.54, 1.807) is 0 Å². The van der Waals surface area contributed by atoms with Gasteiger partial charge in [-0.2, -0.15) is 0 Å². The number of hydrogen-bond donors (Lipinski definition) is 1. The summed E-state index contributed by atoms with van der Waals surface area (Å²) >= 11 is 0. The fourth-order valence-corrected chi connectivity index (χ4v) is 1.80. The third-order valence-corrected chi connectivity index (χ3v) is 2.67. The molecule has 0 aliphatic rings. The summed E-state index contributed by atoms with van der Waals surface area (Å²) in [6.45, 7) is 0. The lowest BCUT2D eigenvalue weighted by molar-refractivity contribution is -0.274. The maximum Gasteiger partial charge on any atom is 0.573 e. The lowest BCUT2D eigenvalue weighted by Crippen LogP contribution is -2.16. The quantitative estimate of drug-likeness (QED) is 0.878. The second-order valence-electron chi connectivity index (χ2n) is 4.28. The van der Waals surface area contributed by atoms with Gasteiger partial charge in [0.15, 0.2) is 5.82 Å². The van der Waals surface area contributed by atoms with Gasteiger partial charge in [-0.15, -0.1) is 13.2 Å². The van der Waals surface area contributed by atoms with E-state index in [9.17, 15) is 22.4 Å². The number of halogens is 4. The lowest BCUT2D eigenvalue weighted by atomic mass is 10.1. The minimum absolute atomic E-state index is 0.0619.